The Morgan fingerprint density at radius 2 is 2.25 bits per heavy atom. The van der Waals surface area contributed by atoms with E-state index in [4.69, 9.17) is 10.5 Å². The zero-order valence-corrected chi connectivity index (χ0v) is 10.4. The number of methoxy groups -OCH3 is 1. The molecule has 1 unspecified atom stereocenters. The van der Waals surface area contributed by atoms with Crippen LogP contribution >= 0.6 is 0 Å². The van der Waals surface area contributed by atoms with Crippen LogP contribution in [0.4, 0.5) is 0 Å². The molecule has 1 aliphatic carbocycles. The zero-order chi connectivity index (χ0) is 12.0. The minimum absolute atomic E-state index is 0.0754. The number of ether oxygens (including phenoxy) is 1. The Morgan fingerprint density at radius 1 is 1.56 bits per heavy atom. The van der Waals surface area contributed by atoms with Gasteiger partial charge in [0.15, 0.2) is 0 Å². The smallest absolute Gasteiger partial charge is 0.239 e. The first-order chi connectivity index (χ1) is 7.69. The number of amides is 1. The van der Waals surface area contributed by atoms with Gasteiger partial charge in [-0.2, -0.15) is 0 Å². The second-order valence-electron chi connectivity index (χ2n) is 4.56. The molecule has 1 fully saturated rings. The third kappa shape index (κ3) is 3.76. The van der Waals surface area contributed by atoms with Crippen molar-refractivity contribution in [2.45, 2.75) is 38.6 Å². The Kier molecular flexibility index (Phi) is 5.77. The molecule has 2 N–H and O–H groups in total. The van der Waals surface area contributed by atoms with Crippen molar-refractivity contribution in [1.29, 1.82) is 0 Å². The molecule has 0 spiro atoms. The zero-order valence-electron chi connectivity index (χ0n) is 10.4. The highest BCUT2D eigenvalue weighted by atomic mass is 16.5. The average molecular weight is 228 g/mol. The summed E-state index contributed by atoms with van der Waals surface area (Å²) >= 11 is 0. The van der Waals surface area contributed by atoms with Crippen LogP contribution in [0.1, 0.15) is 32.6 Å². The summed E-state index contributed by atoms with van der Waals surface area (Å²) in [5.74, 6) is 0.782. The molecular formula is C12H24N2O2. The first-order valence-electron chi connectivity index (χ1n) is 6.22. The summed E-state index contributed by atoms with van der Waals surface area (Å²) < 4.78 is 4.94. The van der Waals surface area contributed by atoms with Crippen LogP contribution in [0.3, 0.4) is 0 Å². The molecule has 0 aromatic heterocycles. The van der Waals surface area contributed by atoms with E-state index in [0.29, 0.717) is 18.9 Å². The maximum atomic E-state index is 12.0. The largest absolute Gasteiger partial charge is 0.385 e. The van der Waals surface area contributed by atoms with Gasteiger partial charge in [-0.25, -0.2) is 0 Å². The van der Waals surface area contributed by atoms with Crippen molar-refractivity contribution in [2.24, 2.45) is 11.7 Å². The van der Waals surface area contributed by atoms with E-state index in [1.54, 1.807) is 7.11 Å². The monoisotopic (exact) mass is 228 g/mol. The Morgan fingerprint density at radius 3 is 2.69 bits per heavy atom. The Labute approximate surface area is 98.1 Å². The molecule has 1 saturated carbocycles. The fraction of sp³-hybridized carbons (Fsp3) is 0.917. The van der Waals surface area contributed by atoms with Crippen molar-refractivity contribution in [3.63, 3.8) is 0 Å². The first kappa shape index (κ1) is 13.5. The van der Waals surface area contributed by atoms with Gasteiger partial charge in [0.2, 0.25) is 5.91 Å². The summed E-state index contributed by atoms with van der Waals surface area (Å²) in [5, 5.41) is 0. The minimum Gasteiger partial charge on any atom is -0.385 e. The van der Waals surface area contributed by atoms with Gasteiger partial charge in [0.1, 0.15) is 0 Å². The lowest BCUT2D eigenvalue weighted by Crippen LogP contribution is -2.46. The predicted octanol–water partition coefficient (Wildman–Crippen LogP) is 0.999. The second kappa shape index (κ2) is 6.86. The first-order valence-corrected chi connectivity index (χ1v) is 6.22. The summed E-state index contributed by atoms with van der Waals surface area (Å²) in [7, 11) is 1.63. The van der Waals surface area contributed by atoms with Gasteiger partial charge in [0.05, 0.1) is 6.04 Å². The number of carbonyl (C=O) groups excluding carboxylic acids is 1. The molecule has 4 heteroatoms. The maximum Gasteiger partial charge on any atom is 0.239 e. The van der Waals surface area contributed by atoms with Crippen LogP contribution in [0, 0.1) is 5.92 Å². The van der Waals surface area contributed by atoms with Gasteiger partial charge in [0, 0.05) is 26.8 Å². The summed E-state index contributed by atoms with van der Waals surface area (Å²) in [6.45, 7) is 4.21. The lowest BCUT2D eigenvalue weighted by molar-refractivity contribution is -0.133. The van der Waals surface area contributed by atoms with Crippen LogP contribution in [0.15, 0.2) is 0 Å². The molecule has 0 bridgehead atoms. The van der Waals surface area contributed by atoms with Gasteiger partial charge >= 0.3 is 0 Å². The summed E-state index contributed by atoms with van der Waals surface area (Å²) in [6, 6.07) is -0.403. The fourth-order valence-electron chi connectivity index (χ4n) is 1.96. The molecule has 0 aromatic carbocycles. The van der Waals surface area contributed by atoms with E-state index in [1.165, 1.54) is 19.3 Å². The highest BCUT2D eigenvalue weighted by molar-refractivity contribution is 5.81. The van der Waals surface area contributed by atoms with Crippen molar-refractivity contribution in [2.75, 3.05) is 26.8 Å². The van der Waals surface area contributed by atoms with Crippen LogP contribution in [0.2, 0.25) is 0 Å². The van der Waals surface area contributed by atoms with Crippen LogP contribution < -0.4 is 5.73 Å². The van der Waals surface area contributed by atoms with Gasteiger partial charge in [-0.05, 0) is 32.1 Å². The van der Waals surface area contributed by atoms with E-state index in [0.717, 1.165) is 13.1 Å². The molecule has 16 heavy (non-hydrogen) atoms. The van der Waals surface area contributed by atoms with E-state index in [9.17, 15) is 4.79 Å². The number of carbonyl (C=O) groups is 1. The quantitative estimate of drug-likeness (QED) is 0.707. The highest BCUT2D eigenvalue weighted by Crippen LogP contribution is 2.27. The van der Waals surface area contributed by atoms with E-state index < -0.39 is 6.04 Å². The Hall–Kier alpha value is -0.610. The van der Waals surface area contributed by atoms with Crippen molar-refractivity contribution < 1.29 is 9.53 Å². The van der Waals surface area contributed by atoms with Crippen LogP contribution in [0.25, 0.3) is 0 Å². The van der Waals surface area contributed by atoms with E-state index in [-0.39, 0.29) is 5.91 Å². The molecule has 0 saturated heterocycles. The highest BCUT2D eigenvalue weighted by Gasteiger charge is 2.25. The second-order valence-corrected chi connectivity index (χ2v) is 4.56. The molecule has 94 valence electrons. The standard InChI is InChI=1S/C12H24N2O2/c1-3-14(9-10-5-4-6-10)12(15)11(13)7-8-16-2/h10-11H,3-9,13H2,1-2H3. The Bertz CT molecular complexity index is 217. The third-order valence-corrected chi connectivity index (χ3v) is 3.35. The molecule has 0 heterocycles. The van der Waals surface area contributed by atoms with E-state index >= 15 is 0 Å². The van der Waals surface area contributed by atoms with Crippen LogP contribution in [-0.4, -0.2) is 43.7 Å². The fourth-order valence-corrected chi connectivity index (χ4v) is 1.96. The molecule has 1 aliphatic rings. The molecule has 1 atom stereocenters. The topological polar surface area (TPSA) is 55.6 Å². The molecule has 0 aromatic rings. The third-order valence-electron chi connectivity index (χ3n) is 3.35. The lowest BCUT2D eigenvalue weighted by atomic mass is 9.85. The molecule has 1 amide bonds. The van der Waals surface area contributed by atoms with Gasteiger partial charge in [0.25, 0.3) is 0 Å². The number of nitrogens with zero attached hydrogens (tertiary/aromatic N) is 1. The molecule has 4 nitrogen and oxygen atoms in total. The van der Waals surface area contributed by atoms with Crippen molar-refractivity contribution >= 4 is 5.91 Å². The summed E-state index contributed by atoms with van der Waals surface area (Å²) in [4.78, 5) is 13.9. The van der Waals surface area contributed by atoms with Gasteiger partial charge in [-0.1, -0.05) is 6.42 Å². The predicted molar refractivity (Wildman–Crippen MR) is 64.1 cm³/mol. The van der Waals surface area contributed by atoms with Crippen LogP contribution in [0.5, 0.6) is 0 Å². The maximum absolute atomic E-state index is 12.0. The number of likely N-dealkylation sites (N-methyl/N-ethyl adjacent to an activating group) is 1. The van der Waals surface area contributed by atoms with E-state index in [2.05, 4.69) is 0 Å². The molecule has 0 radical (unpaired) electrons. The SMILES string of the molecule is CCN(CC1CCC1)C(=O)C(N)CCOC. The normalized spacial score (nSPS) is 17.9. The summed E-state index contributed by atoms with van der Waals surface area (Å²) in [5.41, 5.74) is 5.84. The van der Waals surface area contributed by atoms with Gasteiger partial charge in [-0.3, -0.25) is 4.79 Å². The molecular weight excluding hydrogens is 204 g/mol. The number of hydrogen-bond acceptors (Lipinski definition) is 3. The summed E-state index contributed by atoms with van der Waals surface area (Å²) in [6.07, 6.45) is 4.44. The van der Waals surface area contributed by atoms with Gasteiger partial charge in [-0.15, -0.1) is 0 Å². The molecule has 1 rings (SSSR count). The number of nitrogens with two attached hydrogens (primary N) is 1. The number of rotatable bonds is 7. The van der Waals surface area contributed by atoms with Crippen molar-refractivity contribution in [1.82, 2.24) is 4.90 Å². The Balaban J connectivity index is 2.34. The van der Waals surface area contributed by atoms with Crippen LogP contribution in [-0.2, 0) is 9.53 Å². The molecule has 0 aliphatic heterocycles. The van der Waals surface area contributed by atoms with Crippen molar-refractivity contribution in [3.8, 4) is 0 Å². The van der Waals surface area contributed by atoms with Crippen molar-refractivity contribution in [3.05, 3.63) is 0 Å². The number of hydrogen-bond donors (Lipinski definition) is 1. The average Bonchev–Trinajstić information content (AvgIpc) is 2.24. The lowest BCUT2D eigenvalue weighted by Gasteiger charge is -2.33. The van der Waals surface area contributed by atoms with E-state index in [1.807, 2.05) is 11.8 Å². The minimum atomic E-state index is -0.403. The van der Waals surface area contributed by atoms with Gasteiger partial charge < -0.3 is 15.4 Å².